The van der Waals surface area contributed by atoms with Crippen LogP contribution in [0.4, 0.5) is 4.39 Å². The number of aryl methyl sites for hydroxylation is 1. The summed E-state index contributed by atoms with van der Waals surface area (Å²) in [5.74, 6) is -0.514. The molecule has 1 rings (SSSR count). The zero-order chi connectivity index (χ0) is 10.2. The van der Waals surface area contributed by atoms with Gasteiger partial charge < -0.3 is 0 Å². The Balaban J connectivity index is 3.32. The molecule has 1 aromatic rings. The minimum absolute atomic E-state index is 0.121. The van der Waals surface area contributed by atoms with E-state index in [2.05, 4.69) is 25.9 Å². The third-order valence-electron chi connectivity index (χ3n) is 1.68. The van der Waals surface area contributed by atoms with Crippen LogP contribution in [-0.4, -0.2) is 9.97 Å². The summed E-state index contributed by atoms with van der Waals surface area (Å²) in [7, 11) is 0. The summed E-state index contributed by atoms with van der Waals surface area (Å²) in [5, 5.41) is 0. The van der Waals surface area contributed by atoms with Crippen LogP contribution in [0.2, 0.25) is 0 Å². The quantitative estimate of drug-likeness (QED) is 0.704. The molecule has 0 unspecified atom stereocenters. The second-order valence-corrected chi connectivity index (χ2v) is 4.74. The number of rotatable bonds is 0. The summed E-state index contributed by atoms with van der Waals surface area (Å²) in [6.45, 7) is 7.65. The van der Waals surface area contributed by atoms with Crippen LogP contribution in [0.25, 0.3) is 0 Å². The largest absolute Gasteiger partial charge is 0.250 e. The van der Waals surface area contributed by atoms with Crippen molar-refractivity contribution in [1.82, 2.24) is 9.97 Å². The molecule has 0 aliphatic carbocycles. The SMILES string of the molecule is Cc1nc(C(C)(C)C)c(Br)nc1F. The van der Waals surface area contributed by atoms with Gasteiger partial charge in [0.1, 0.15) is 4.60 Å². The zero-order valence-corrected chi connectivity index (χ0v) is 9.74. The highest BCUT2D eigenvalue weighted by Crippen LogP contribution is 2.26. The van der Waals surface area contributed by atoms with Crippen molar-refractivity contribution in [3.63, 3.8) is 0 Å². The Hall–Kier alpha value is -0.510. The van der Waals surface area contributed by atoms with Crippen LogP contribution in [0.15, 0.2) is 4.60 Å². The van der Waals surface area contributed by atoms with Crippen LogP contribution >= 0.6 is 15.9 Å². The third-order valence-corrected chi connectivity index (χ3v) is 2.23. The molecule has 0 saturated carbocycles. The number of hydrogen-bond donors (Lipinski definition) is 0. The molecule has 0 aromatic carbocycles. The van der Waals surface area contributed by atoms with E-state index in [-0.39, 0.29) is 5.41 Å². The van der Waals surface area contributed by atoms with E-state index in [4.69, 9.17) is 0 Å². The molecule has 0 fully saturated rings. The fraction of sp³-hybridized carbons (Fsp3) is 0.556. The minimum Gasteiger partial charge on any atom is -0.250 e. The van der Waals surface area contributed by atoms with E-state index in [0.717, 1.165) is 5.69 Å². The minimum atomic E-state index is -0.514. The van der Waals surface area contributed by atoms with Gasteiger partial charge >= 0.3 is 0 Å². The van der Waals surface area contributed by atoms with Crippen molar-refractivity contribution in [2.45, 2.75) is 33.1 Å². The van der Waals surface area contributed by atoms with Gasteiger partial charge in [-0.05, 0) is 22.9 Å². The summed E-state index contributed by atoms with van der Waals surface area (Å²) in [6, 6.07) is 0. The summed E-state index contributed by atoms with van der Waals surface area (Å²) >= 11 is 3.20. The van der Waals surface area contributed by atoms with E-state index in [1.807, 2.05) is 20.8 Å². The highest BCUT2D eigenvalue weighted by Gasteiger charge is 2.21. The van der Waals surface area contributed by atoms with Gasteiger partial charge in [-0.15, -0.1) is 0 Å². The number of hydrogen-bond acceptors (Lipinski definition) is 2. The van der Waals surface area contributed by atoms with E-state index >= 15 is 0 Å². The Labute approximate surface area is 85.7 Å². The van der Waals surface area contributed by atoms with Crippen LogP contribution in [0, 0.1) is 12.9 Å². The normalized spacial score (nSPS) is 11.8. The van der Waals surface area contributed by atoms with Crippen molar-refractivity contribution in [2.24, 2.45) is 0 Å². The first-order valence-corrected chi connectivity index (χ1v) is 4.82. The Morgan fingerprint density at radius 1 is 1.23 bits per heavy atom. The van der Waals surface area contributed by atoms with Gasteiger partial charge in [0.25, 0.3) is 0 Å². The molecule has 2 nitrogen and oxygen atoms in total. The van der Waals surface area contributed by atoms with Gasteiger partial charge in [-0.3, -0.25) is 4.98 Å². The van der Waals surface area contributed by atoms with Crippen molar-refractivity contribution in [2.75, 3.05) is 0 Å². The predicted octanol–water partition coefficient (Wildman–Crippen LogP) is 2.98. The molecule has 0 aliphatic rings. The molecule has 0 bridgehead atoms. The van der Waals surface area contributed by atoms with Crippen molar-refractivity contribution >= 4 is 15.9 Å². The van der Waals surface area contributed by atoms with E-state index in [1.165, 1.54) is 0 Å². The molecule has 0 atom stereocenters. The average molecular weight is 247 g/mol. The molecule has 0 N–H and O–H groups in total. The zero-order valence-electron chi connectivity index (χ0n) is 8.15. The van der Waals surface area contributed by atoms with E-state index in [9.17, 15) is 4.39 Å². The molecule has 72 valence electrons. The maximum atomic E-state index is 12.9. The third kappa shape index (κ3) is 2.24. The summed E-state index contributed by atoms with van der Waals surface area (Å²) < 4.78 is 13.4. The molecule has 4 heteroatoms. The van der Waals surface area contributed by atoms with Crippen molar-refractivity contribution in [3.05, 3.63) is 21.9 Å². The van der Waals surface area contributed by atoms with Crippen LogP contribution in [0.3, 0.4) is 0 Å². The second kappa shape index (κ2) is 3.33. The maximum Gasteiger partial charge on any atom is 0.235 e. The monoisotopic (exact) mass is 246 g/mol. The molecule has 1 aromatic heterocycles. The predicted molar refractivity (Wildman–Crippen MR) is 53.1 cm³/mol. The Bertz CT molecular complexity index is 331. The van der Waals surface area contributed by atoms with Crippen molar-refractivity contribution in [3.8, 4) is 0 Å². The topological polar surface area (TPSA) is 25.8 Å². The molecule has 13 heavy (non-hydrogen) atoms. The Morgan fingerprint density at radius 3 is 2.23 bits per heavy atom. The molecule has 0 spiro atoms. The smallest absolute Gasteiger partial charge is 0.235 e. The molecular weight excluding hydrogens is 235 g/mol. The lowest BCUT2D eigenvalue weighted by Crippen LogP contribution is -2.16. The molecule has 0 saturated heterocycles. The Morgan fingerprint density at radius 2 is 1.77 bits per heavy atom. The average Bonchev–Trinajstić information content (AvgIpc) is 1.94. The van der Waals surface area contributed by atoms with Crippen molar-refractivity contribution in [1.29, 1.82) is 0 Å². The van der Waals surface area contributed by atoms with Gasteiger partial charge in [0.05, 0.1) is 11.4 Å². The Kier molecular flexibility index (Phi) is 2.71. The van der Waals surface area contributed by atoms with Crippen LogP contribution in [0.1, 0.15) is 32.2 Å². The summed E-state index contributed by atoms with van der Waals surface area (Å²) in [6.07, 6.45) is 0. The summed E-state index contributed by atoms with van der Waals surface area (Å²) in [5.41, 5.74) is 1.00. The number of aromatic nitrogens is 2. The van der Waals surface area contributed by atoms with Gasteiger partial charge in [0.15, 0.2) is 0 Å². The fourth-order valence-electron chi connectivity index (χ4n) is 0.957. The van der Waals surface area contributed by atoms with E-state index < -0.39 is 5.95 Å². The molecule has 0 radical (unpaired) electrons. The van der Waals surface area contributed by atoms with Crippen LogP contribution in [0.5, 0.6) is 0 Å². The number of halogens is 2. The number of nitrogens with zero attached hydrogens (tertiary/aromatic N) is 2. The van der Waals surface area contributed by atoms with Crippen LogP contribution < -0.4 is 0 Å². The van der Waals surface area contributed by atoms with Gasteiger partial charge in [-0.2, -0.15) is 4.39 Å². The highest BCUT2D eigenvalue weighted by atomic mass is 79.9. The molecule has 0 aliphatic heterocycles. The first-order chi connectivity index (χ1) is 5.82. The van der Waals surface area contributed by atoms with Gasteiger partial charge in [-0.1, -0.05) is 20.8 Å². The maximum absolute atomic E-state index is 12.9. The van der Waals surface area contributed by atoms with E-state index in [0.29, 0.717) is 10.3 Å². The lowest BCUT2D eigenvalue weighted by molar-refractivity contribution is 0.520. The second-order valence-electron chi connectivity index (χ2n) is 3.99. The highest BCUT2D eigenvalue weighted by molar-refractivity contribution is 9.10. The van der Waals surface area contributed by atoms with Gasteiger partial charge in [0.2, 0.25) is 5.95 Å². The van der Waals surface area contributed by atoms with Crippen molar-refractivity contribution < 1.29 is 4.39 Å². The first-order valence-electron chi connectivity index (χ1n) is 4.02. The standard InChI is InChI=1S/C9H12BrFN2/c1-5-8(11)13-7(10)6(12-5)9(2,3)4/h1-4H3. The first kappa shape index (κ1) is 10.6. The van der Waals surface area contributed by atoms with Gasteiger partial charge in [0, 0.05) is 5.41 Å². The molecule has 0 amide bonds. The van der Waals surface area contributed by atoms with Crippen LogP contribution in [-0.2, 0) is 5.41 Å². The van der Waals surface area contributed by atoms with E-state index in [1.54, 1.807) is 6.92 Å². The molecular formula is C9H12BrFN2. The summed E-state index contributed by atoms with van der Waals surface area (Å²) in [4.78, 5) is 7.89. The van der Waals surface area contributed by atoms with Gasteiger partial charge in [-0.25, -0.2) is 4.98 Å². The lowest BCUT2D eigenvalue weighted by atomic mass is 9.92. The fourth-order valence-corrected chi connectivity index (χ4v) is 1.80. The lowest BCUT2D eigenvalue weighted by Gasteiger charge is -2.19. The molecule has 1 heterocycles.